The molecule has 1 saturated carbocycles. The van der Waals surface area contributed by atoms with E-state index >= 15 is 0 Å². The van der Waals surface area contributed by atoms with Crippen LogP contribution in [0.4, 0.5) is 10.3 Å². The van der Waals surface area contributed by atoms with E-state index in [2.05, 4.69) is 20.3 Å². The van der Waals surface area contributed by atoms with Crippen molar-refractivity contribution < 1.29 is 13.9 Å². The number of nitrogens with one attached hydrogen (secondary N) is 1. The van der Waals surface area contributed by atoms with Crippen molar-refractivity contribution in [3.63, 3.8) is 0 Å². The normalized spacial score (nSPS) is 28.3. The van der Waals surface area contributed by atoms with Gasteiger partial charge in [-0.3, -0.25) is 4.79 Å². The molecule has 5 heterocycles. The lowest BCUT2D eigenvalue weighted by Crippen LogP contribution is -2.43. The second-order valence-corrected chi connectivity index (χ2v) is 8.71. The quantitative estimate of drug-likeness (QED) is 0.688. The fraction of sp³-hybridized carbons (Fsp3) is 0.524. The molecule has 1 saturated heterocycles. The first kappa shape index (κ1) is 18.6. The molecule has 31 heavy (non-hydrogen) atoms. The van der Waals surface area contributed by atoms with Crippen molar-refractivity contribution in [3.8, 4) is 0 Å². The van der Waals surface area contributed by atoms with Gasteiger partial charge in [-0.05, 0) is 38.2 Å². The van der Waals surface area contributed by atoms with Crippen LogP contribution < -0.4 is 10.2 Å². The third kappa shape index (κ3) is 2.95. The second kappa shape index (κ2) is 6.93. The second-order valence-electron chi connectivity index (χ2n) is 8.71. The summed E-state index contributed by atoms with van der Waals surface area (Å²) in [7, 11) is 1.85. The molecule has 1 aliphatic carbocycles. The Kier molecular flexibility index (Phi) is 4.15. The Hall–Kier alpha value is -3.17. The molecule has 0 aromatic carbocycles. The fourth-order valence-corrected chi connectivity index (χ4v) is 5.22. The third-order valence-electron chi connectivity index (χ3n) is 6.70. The summed E-state index contributed by atoms with van der Waals surface area (Å²) in [5.41, 5.74) is 1.71. The molecule has 10 heteroatoms. The van der Waals surface area contributed by atoms with E-state index < -0.39 is 0 Å². The molecule has 0 radical (unpaired) electrons. The predicted octanol–water partition coefficient (Wildman–Crippen LogP) is 1.78. The van der Waals surface area contributed by atoms with Crippen molar-refractivity contribution in [3.05, 3.63) is 41.4 Å². The zero-order valence-electron chi connectivity index (χ0n) is 17.3. The summed E-state index contributed by atoms with van der Waals surface area (Å²) in [6.45, 7) is 0.925. The van der Waals surface area contributed by atoms with Crippen LogP contribution >= 0.6 is 0 Å². The zero-order valence-corrected chi connectivity index (χ0v) is 17.3. The smallest absolute Gasteiger partial charge is 0.257 e. The topological polar surface area (TPSA) is 87.9 Å². The Morgan fingerprint density at radius 3 is 3.06 bits per heavy atom. The van der Waals surface area contributed by atoms with Gasteiger partial charge >= 0.3 is 0 Å². The van der Waals surface area contributed by atoms with E-state index in [1.165, 1.54) is 10.7 Å². The average Bonchev–Trinajstić information content (AvgIpc) is 3.48. The van der Waals surface area contributed by atoms with Crippen molar-refractivity contribution >= 4 is 17.5 Å². The minimum absolute atomic E-state index is 0.0958. The molecule has 2 bridgehead atoms. The first-order chi connectivity index (χ1) is 15.1. The molecular weight excluding hydrogens is 401 g/mol. The molecule has 3 aliphatic heterocycles. The molecule has 2 aromatic rings. The number of aromatic nitrogens is 4. The van der Waals surface area contributed by atoms with Crippen molar-refractivity contribution in [1.82, 2.24) is 29.8 Å². The Morgan fingerprint density at radius 1 is 1.26 bits per heavy atom. The van der Waals surface area contributed by atoms with Crippen LogP contribution in [0.15, 0.2) is 35.9 Å². The summed E-state index contributed by atoms with van der Waals surface area (Å²) < 4.78 is 22.6. The van der Waals surface area contributed by atoms with Crippen LogP contribution in [-0.4, -0.2) is 68.7 Å². The number of fused-ring (bicyclic) bond motifs is 5. The van der Waals surface area contributed by atoms with Crippen LogP contribution in [0.25, 0.3) is 5.65 Å². The van der Waals surface area contributed by atoms with Gasteiger partial charge in [0, 0.05) is 19.2 Å². The van der Waals surface area contributed by atoms with Gasteiger partial charge in [-0.25, -0.2) is 13.9 Å². The molecule has 6 rings (SSSR count). The molecule has 1 N–H and O–H groups in total. The molecule has 1 amide bonds. The number of amides is 1. The van der Waals surface area contributed by atoms with Crippen molar-refractivity contribution in [2.75, 3.05) is 25.0 Å². The lowest BCUT2D eigenvalue weighted by molar-refractivity contribution is 0.0414. The van der Waals surface area contributed by atoms with E-state index in [9.17, 15) is 9.18 Å². The number of rotatable bonds is 0. The standard InChI is InChI=1S/C21H24FN7O2/c1-27-10-12(22)8-13-16-5-3-7-28(16)21-23-11-29-18(26-21)14(9-24-29)19(30)25-15-4-2-6-17(15)31-20(13)27/h8-9,11,15-17H,2-7,10H2,1H3,(H,25,30)/t15-,16-,17+/m1/s1. The molecule has 9 nitrogen and oxygen atoms in total. The van der Waals surface area contributed by atoms with E-state index in [0.29, 0.717) is 23.0 Å². The number of ether oxygens (including phenoxy) is 1. The highest BCUT2D eigenvalue weighted by Gasteiger charge is 2.38. The van der Waals surface area contributed by atoms with Gasteiger partial charge in [-0.15, -0.1) is 0 Å². The maximum absolute atomic E-state index is 14.5. The van der Waals surface area contributed by atoms with Crippen LogP contribution in [0, 0.1) is 0 Å². The van der Waals surface area contributed by atoms with Gasteiger partial charge in [0.05, 0.1) is 24.8 Å². The van der Waals surface area contributed by atoms with E-state index in [1.807, 2.05) is 11.9 Å². The van der Waals surface area contributed by atoms with Gasteiger partial charge in [0.2, 0.25) is 5.95 Å². The van der Waals surface area contributed by atoms with Crippen molar-refractivity contribution in [1.29, 1.82) is 0 Å². The van der Waals surface area contributed by atoms with Gasteiger partial charge in [-0.1, -0.05) is 0 Å². The van der Waals surface area contributed by atoms with Crippen molar-refractivity contribution in [2.45, 2.75) is 50.3 Å². The van der Waals surface area contributed by atoms with E-state index in [-0.39, 0.29) is 36.5 Å². The van der Waals surface area contributed by atoms with Gasteiger partial charge in [0.15, 0.2) is 11.5 Å². The Labute approximate surface area is 178 Å². The fourth-order valence-electron chi connectivity index (χ4n) is 5.22. The maximum atomic E-state index is 14.5. The number of nitrogens with zero attached hydrogens (tertiary/aromatic N) is 6. The molecule has 2 aromatic heterocycles. The molecule has 4 aliphatic rings. The highest BCUT2D eigenvalue weighted by Crippen LogP contribution is 2.36. The van der Waals surface area contributed by atoms with Crippen LogP contribution in [0.5, 0.6) is 0 Å². The number of likely N-dealkylation sites (N-methyl/N-ethyl adjacent to an activating group) is 1. The maximum Gasteiger partial charge on any atom is 0.257 e. The van der Waals surface area contributed by atoms with Crippen LogP contribution in [0.3, 0.4) is 0 Å². The van der Waals surface area contributed by atoms with E-state index in [1.54, 1.807) is 12.4 Å². The minimum Gasteiger partial charge on any atom is -0.473 e. The Morgan fingerprint density at radius 2 is 2.16 bits per heavy atom. The Bertz CT molecular complexity index is 1130. The van der Waals surface area contributed by atoms with E-state index in [4.69, 9.17) is 9.72 Å². The molecule has 2 fully saturated rings. The first-order valence-corrected chi connectivity index (χ1v) is 10.8. The minimum atomic E-state index is -0.213. The predicted molar refractivity (Wildman–Crippen MR) is 110 cm³/mol. The third-order valence-corrected chi connectivity index (χ3v) is 6.70. The number of carbonyl (C=O) groups is 1. The van der Waals surface area contributed by atoms with Gasteiger partial charge in [0.25, 0.3) is 5.91 Å². The molecular formula is C21H24FN7O2. The van der Waals surface area contributed by atoms with E-state index in [0.717, 1.165) is 44.2 Å². The number of hydrogen-bond acceptors (Lipinski definition) is 7. The molecule has 162 valence electrons. The van der Waals surface area contributed by atoms with Crippen LogP contribution in [0.2, 0.25) is 0 Å². The highest BCUT2D eigenvalue weighted by molar-refractivity contribution is 5.99. The summed E-state index contributed by atoms with van der Waals surface area (Å²) in [5.74, 6) is 0.798. The van der Waals surface area contributed by atoms with Crippen LogP contribution in [-0.2, 0) is 4.74 Å². The zero-order chi connectivity index (χ0) is 21.1. The van der Waals surface area contributed by atoms with Gasteiger partial charge in [-0.2, -0.15) is 10.1 Å². The van der Waals surface area contributed by atoms with Crippen molar-refractivity contribution in [2.24, 2.45) is 0 Å². The van der Waals surface area contributed by atoms with Gasteiger partial charge in [0.1, 0.15) is 23.8 Å². The monoisotopic (exact) mass is 425 g/mol. The Balaban J connectivity index is 1.54. The lowest BCUT2D eigenvalue weighted by Gasteiger charge is -2.35. The highest BCUT2D eigenvalue weighted by atomic mass is 19.1. The molecule has 0 unspecified atom stereocenters. The summed E-state index contributed by atoms with van der Waals surface area (Å²) in [5, 5.41) is 7.37. The average molecular weight is 425 g/mol. The largest absolute Gasteiger partial charge is 0.473 e. The first-order valence-electron chi connectivity index (χ1n) is 10.8. The summed E-state index contributed by atoms with van der Waals surface area (Å²) >= 11 is 0. The summed E-state index contributed by atoms with van der Waals surface area (Å²) in [4.78, 5) is 26.2. The van der Waals surface area contributed by atoms with Crippen LogP contribution in [0.1, 0.15) is 42.5 Å². The van der Waals surface area contributed by atoms with Gasteiger partial charge < -0.3 is 19.9 Å². The molecule has 3 atom stereocenters. The number of anilines is 1. The number of carbonyl (C=O) groups excluding carboxylic acids is 1. The summed E-state index contributed by atoms with van der Waals surface area (Å²) in [6, 6.07) is -0.219. The number of hydrogen-bond donors (Lipinski definition) is 1. The molecule has 0 spiro atoms. The summed E-state index contributed by atoms with van der Waals surface area (Å²) in [6.07, 6.45) is 8.99. The lowest BCUT2D eigenvalue weighted by atomic mass is 10.0. The SMILES string of the molecule is CN1CC(F)=CC2=C1O[C@H]1CCC[C@H]1NC(=O)c1cnn3cnc(nc13)N1CCC[C@H]21. The number of halogens is 1.